The van der Waals surface area contributed by atoms with Gasteiger partial charge in [0.1, 0.15) is 5.65 Å². The van der Waals surface area contributed by atoms with Crippen molar-refractivity contribution in [2.24, 2.45) is 0 Å². The van der Waals surface area contributed by atoms with Crippen molar-refractivity contribution in [1.29, 1.82) is 0 Å². The number of aromatic nitrogens is 2. The van der Waals surface area contributed by atoms with E-state index >= 15 is 0 Å². The Morgan fingerprint density at radius 2 is 1.29 bits per heavy atom. The van der Waals surface area contributed by atoms with Crippen LogP contribution in [0.2, 0.25) is 0 Å². The average molecular weight is 451 g/mol. The summed E-state index contributed by atoms with van der Waals surface area (Å²) in [5.74, 6) is 1.59. The molecule has 0 saturated carbocycles. The number of rotatable bonds is 1. The van der Waals surface area contributed by atoms with E-state index in [-0.39, 0.29) is 5.56 Å². The number of pyridine rings is 1. The Morgan fingerprint density at radius 1 is 0.600 bits per heavy atom. The molecular formula is C30H17N3O2. The summed E-state index contributed by atoms with van der Waals surface area (Å²) in [6, 6.07) is 34.0. The predicted octanol–water partition coefficient (Wildman–Crippen LogP) is 7.17. The lowest BCUT2D eigenvalue weighted by Crippen LogP contribution is -2.17. The first-order valence-electron chi connectivity index (χ1n) is 11.5. The lowest BCUT2D eigenvalue weighted by molar-refractivity contribution is 0.477. The molecule has 0 unspecified atom stereocenters. The van der Waals surface area contributed by atoms with Gasteiger partial charge in [-0.15, -0.1) is 0 Å². The first kappa shape index (κ1) is 18.5. The third kappa shape index (κ3) is 2.36. The molecule has 5 nitrogen and oxygen atoms in total. The fraction of sp³-hybridized carbons (Fsp3) is 0. The van der Waals surface area contributed by atoms with Gasteiger partial charge in [-0.3, -0.25) is 9.20 Å². The molecule has 5 aromatic carbocycles. The zero-order valence-electron chi connectivity index (χ0n) is 18.5. The van der Waals surface area contributed by atoms with Crippen LogP contribution in [0, 0.1) is 0 Å². The molecule has 0 spiro atoms. The number of anilines is 3. The zero-order chi connectivity index (χ0) is 23.1. The van der Waals surface area contributed by atoms with Crippen molar-refractivity contribution in [3.05, 3.63) is 113 Å². The first-order chi connectivity index (χ1) is 17.3. The summed E-state index contributed by atoms with van der Waals surface area (Å²) in [5.41, 5.74) is 5.20. The number of fused-ring (bicyclic) bond motifs is 6. The SMILES string of the molecule is O=c1c2ccc(N3c4ccccc4Oc4ccccc43)c3cccc(c32)c2nc3ccccc3n12. The monoisotopic (exact) mass is 451 g/mol. The number of imidazole rings is 1. The fourth-order valence-corrected chi connectivity index (χ4v) is 5.45. The maximum atomic E-state index is 13.7. The standard InChI is InChI=1S/C30H17N3O2/c34-30-20-16-17-22(32-24-12-3-5-14-26(24)35-27-15-6-4-13-25(27)32)18-8-7-9-19(28(18)20)29-31-21-10-1-2-11-23(21)33(29)30/h1-17H. The van der Waals surface area contributed by atoms with E-state index < -0.39 is 0 Å². The molecule has 164 valence electrons. The normalized spacial score (nSPS) is 12.9. The maximum Gasteiger partial charge on any atom is 0.264 e. The molecule has 5 heteroatoms. The fourth-order valence-electron chi connectivity index (χ4n) is 5.45. The van der Waals surface area contributed by atoms with Crippen molar-refractivity contribution in [2.45, 2.75) is 0 Å². The summed E-state index contributed by atoms with van der Waals surface area (Å²) in [5, 5.41) is 3.58. The summed E-state index contributed by atoms with van der Waals surface area (Å²) >= 11 is 0. The van der Waals surface area contributed by atoms with Crippen molar-refractivity contribution >= 4 is 55.3 Å². The van der Waals surface area contributed by atoms with E-state index in [1.165, 1.54) is 0 Å². The molecule has 0 saturated heterocycles. The van der Waals surface area contributed by atoms with E-state index in [1.807, 2.05) is 78.9 Å². The summed E-state index contributed by atoms with van der Waals surface area (Å²) < 4.78 is 7.95. The molecule has 1 aliphatic rings. The highest BCUT2D eigenvalue weighted by molar-refractivity contribution is 6.19. The minimum absolute atomic E-state index is 0.0493. The summed E-state index contributed by atoms with van der Waals surface area (Å²) in [4.78, 5) is 20.8. The van der Waals surface area contributed by atoms with Gasteiger partial charge in [0.25, 0.3) is 5.56 Å². The Kier molecular flexibility index (Phi) is 3.48. The van der Waals surface area contributed by atoms with E-state index in [1.54, 1.807) is 4.40 Å². The van der Waals surface area contributed by atoms with Gasteiger partial charge in [0, 0.05) is 21.5 Å². The Labute approximate surface area is 199 Å². The van der Waals surface area contributed by atoms with E-state index in [0.717, 1.165) is 55.8 Å². The van der Waals surface area contributed by atoms with E-state index in [9.17, 15) is 4.79 Å². The van der Waals surface area contributed by atoms with Crippen molar-refractivity contribution in [1.82, 2.24) is 9.38 Å². The van der Waals surface area contributed by atoms with Crippen LogP contribution in [0.3, 0.4) is 0 Å². The van der Waals surface area contributed by atoms with E-state index in [4.69, 9.17) is 9.72 Å². The number of hydrogen-bond donors (Lipinski definition) is 0. The molecule has 0 amide bonds. The van der Waals surface area contributed by atoms with Gasteiger partial charge in [-0.2, -0.15) is 0 Å². The largest absolute Gasteiger partial charge is 0.453 e. The number of ether oxygens (including phenoxy) is 1. The van der Waals surface area contributed by atoms with Gasteiger partial charge in [-0.25, -0.2) is 4.98 Å². The van der Waals surface area contributed by atoms with Crippen LogP contribution in [0.15, 0.2) is 108 Å². The second-order valence-electron chi connectivity index (χ2n) is 8.80. The van der Waals surface area contributed by atoms with Crippen LogP contribution in [0.5, 0.6) is 11.5 Å². The van der Waals surface area contributed by atoms with Gasteiger partial charge in [-0.1, -0.05) is 54.6 Å². The molecule has 0 N–H and O–H groups in total. The van der Waals surface area contributed by atoms with Crippen LogP contribution >= 0.6 is 0 Å². The number of nitrogens with zero attached hydrogens (tertiary/aromatic N) is 3. The van der Waals surface area contributed by atoms with Gasteiger partial charge in [0.15, 0.2) is 11.5 Å². The Hall–Kier alpha value is -4.90. The zero-order valence-corrected chi connectivity index (χ0v) is 18.5. The first-order valence-corrected chi connectivity index (χ1v) is 11.5. The van der Waals surface area contributed by atoms with Crippen molar-refractivity contribution in [3.8, 4) is 11.5 Å². The highest BCUT2D eigenvalue weighted by atomic mass is 16.5. The van der Waals surface area contributed by atoms with E-state index in [2.05, 4.69) is 29.2 Å². The average Bonchev–Trinajstić information content (AvgIpc) is 3.30. The Bertz CT molecular complexity index is 1980. The van der Waals surface area contributed by atoms with Crippen molar-refractivity contribution < 1.29 is 4.74 Å². The summed E-state index contributed by atoms with van der Waals surface area (Å²) in [7, 11) is 0. The highest BCUT2D eigenvalue weighted by Gasteiger charge is 2.27. The van der Waals surface area contributed by atoms with Crippen LogP contribution < -0.4 is 15.2 Å². The molecule has 7 aromatic rings. The molecule has 0 bridgehead atoms. The molecule has 3 heterocycles. The van der Waals surface area contributed by atoms with E-state index in [0.29, 0.717) is 11.0 Å². The molecule has 0 radical (unpaired) electrons. The Morgan fingerprint density at radius 3 is 2.09 bits per heavy atom. The number of para-hydroxylation sites is 6. The Balaban J connectivity index is 1.52. The van der Waals surface area contributed by atoms with Crippen molar-refractivity contribution in [2.75, 3.05) is 4.90 Å². The van der Waals surface area contributed by atoms with Crippen LogP contribution in [-0.4, -0.2) is 9.38 Å². The minimum atomic E-state index is -0.0493. The van der Waals surface area contributed by atoms with Crippen molar-refractivity contribution in [3.63, 3.8) is 0 Å². The van der Waals surface area contributed by atoms with Crippen LogP contribution in [0.25, 0.3) is 38.2 Å². The quantitative estimate of drug-likeness (QED) is 0.265. The predicted molar refractivity (Wildman–Crippen MR) is 140 cm³/mol. The van der Waals surface area contributed by atoms with Crippen LogP contribution in [0.1, 0.15) is 0 Å². The molecule has 0 fully saturated rings. The van der Waals surface area contributed by atoms with Crippen LogP contribution in [0.4, 0.5) is 17.1 Å². The van der Waals surface area contributed by atoms with Gasteiger partial charge in [0.2, 0.25) is 0 Å². The summed E-state index contributed by atoms with van der Waals surface area (Å²) in [6.45, 7) is 0. The maximum absolute atomic E-state index is 13.7. The number of benzene rings is 5. The second-order valence-corrected chi connectivity index (χ2v) is 8.80. The van der Waals surface area contributed by atoms with Gasteiger partial charge in [-0.05, 0) is 48.5 Å². The molecule has 35 heavy (non-hydrogen) atoms. The van der Waals surface area contributed by atoms with Crippen LogP contribution in [-0.2, 0) is 0 Å². The topological polar surface area (TPSA) is 46.8 Å². The lowest BCUT2D eigenvalue weighted by atomic mass is 9.99. The lowest BCUT2D eigenvalue weighted by Gasteiger charge is -2.33. The van der Waals surface area contributed by atoms with Gasteiger partial charge in [0.05, 0.1) is 28.1 Å². The third-order valence-electron chi connectivity index (χ3n) is 6.93. The molecule has 2 aromatic heterocycles. The molecule has 0 atom stereocenters. The molecule has 0 aliphatic carbocycles. The third-order valence-corrected chi connectivity index (χ3v) is 6.93. The molecular weight excluding hydrogens is 434 g/mol. The number of hydrogen-bond acceptors (Lipinski definition) is 4. The highest BCUT2D eigenvalue weighted by Crippen LogP contribution is 2.52. The minimum Gasteiger partial charge on any atom is -0.453 e. The molecule has 1 aliphatic heterocycles. The molecule has 8 rings (SSSR count). The van der Waals surface area contributed by atoms with Gasteiger partial charge >= 0.3 is 0 Å². The summed E-state index contributed by atoms with van der Waals surface area (Å²) in [6.07, 6.45) is 0. The smallest absolute Gasteiger partial charge is 0.264 e. The second kappa shape index (κ2) is 6.58. The van der Waals surface area contributed by atoms with Gasteiger partial charge < -0.3 is 9.64 Å².